The molecule has 3 heteroatoms. The normalized spacial score (nSPS) is 16.2. The highest BCUT2D eigenvalue weighted by molar-refractivity contribution is 7.18. The van der Waals surface area contributed by atoms with Crippen molar-refractivity contribution >= 4 is 18.5 Å². The Bertz CT molecular complexity index is 91.2. The molecule has 0 N–H and O–H groups in total. The number of rotatable bonds is 4. The molecular formula is C6H12OP2. The molecule has 0 bridgehead atoms. The van der Waals surface area contributed by atoms with Crippen molar-refractivity contribution in [1.29, 1.82) is 0 Å². The maximum Gasteiger partial charge on any atom is 0.0897 e. The molecule has 52 valence electrons. The van der Waals surface area contributed by atoms with Gasteiger partial charge in [0.25, 0.3) is 0 Å². The fourth-order valence-corrected chi connectivity index (χ4v) is 0.837. The zero-order valence-corrected chi connectivity index (χ0v) is 7.60. The Morgan fingerprint density at radius 2 is 1.44 bits per heavy atom. The fourth-order valence-electron chi connectivity index (χ4n) is 0.293. The van der Waals surface area contributed by atoms with Crippen molar-refractivity contribution in [2.24, 2.45) is 0 Å². The molecule has 0 spiro atoms. The first-order chi connectivity index (χ1) is 4.20. The van der Waals surface area contributed by atoms with Gasteiger partial charge in [0.15, 0.2) is 0 Å². The lowest BCUT2D eigenvalue weighted by Crippen LogP contribution is -2.06. The first kappa shape index (κ1) is 9.30. The van der Waals surface area contributed by atoms with Crippen LogP contribution in [0.15, 0.2) is 25.3 Å². The van der Waals surface area contributed by atoms with Crippen molar-refractivity contribution < 1.29 is 4.74 Å². The number of hydrogen-bond donors (Lipinski definition) is 0. The van der Waals surface area contributed by atoms with Crippen LogP contribution < -0.4 is 0 Å². The third-order valence-electron chi connectivity index (χ3n) is 0.779. The van der Waals surface area contributed by atoms with Crippen LogP contribution in [-0.4, -0.2) is 11.7 Å². The van der Waals surface area contributed by atoms with E-state index in [0.29, 0.717) is 0 Å². The molecule has 0 aliphatic heterocycles. The van der Waals surface area contributed by atoms with Gasteiger partial charge in [-0.15, -0.1) is 31.6 Å². The van der Waals surface area contributed by atoms with E-state index in [-0.39, 0.29) is 11.7 Å². The highest BCUT2D eigenvalue weighted by Gasteiger charge is 1.98. The topological polar surface area (TPSA) is 9.23 Å². The lowest BCUT2D eigenvalue weighted by molar-refractivity contribution is 0.146. The highest BCUT2D eigenvalue weighted by atomic mass is 31.0. The molecule has 0 radical (unpaired) electrons. The van der Waals surface area contributed by atoms with Crippen molar-refractivity contribution in [2.75, 3.05) is 0 Å². The van der Waals surface area contributed by atoms with Crippen LogP contribution in [0.2, 0.25) is 0 Å². The summed E-state index contributed by atoms with van der Waals surface area (Å²) in [6.45, 7) is 7.12. The molecule has 0 saturated carbocycles. The number of ether oxygens (including phenoxy) is 1. The third-order valence-corrected chi connectivity index (χ3v) is 1.64. The molecule has 0 aromatic carbocycles. The fraction of sp³-hybridized carbons (Fsp3) is 0.333. The van der Waals surface area contributed by atoms with Gasteiger partial charge in [-0.25, -0.2) is 0 Å². The maximum atomic E-state index is 5.24. The van der Waals surface area contributed by atoms with Crippen molar-refractivity contribution in [1.82, 2.24) is 0 Å². The lowest BCUT2D eigenvalue weighted by atomic mass is 10.6. The molecule has 0 aliphatic rings. The van der Waals surface area contributed by atoms with Crippen molar-refractivity contribution in [3.8, 4) is 0 Å². The average Bonchev–Trinajstić information content (AvgIpc) is 1.87. The Morgan fingerprint density at radius 3 is 1.67 bits per heavy atom. The summed E-state index contributed by atoms with van der Waals surface area (Å²) in [5.74, 6) is 0.0380. The van der Waals surface area contributed by atoms with Gasteiger partial charge in [0.05, 0.1) is 11.7 Å². The largest absolute Gasteiger partial charge is 0.359 e. The quantitative estimate of drug-likeness (QED) is 0.452. The van der Waals surface area contributed by atoms with Gasteiger partial charge in [0, 0.05) is 0 Å². The van der Waals surface area contributed by atoms with Gasteiger partial charge in [0.1, 0.15) is 0 Å². The van der Waals surface area contributed by atoms with Crippen LogP contribution >= 0.6 is 18.5 Å². The van der Waals surface area contributed by atoms with Gasteiger partial charge in [0.2, 0.25) is 0 Å². The molecule has 0 heterocycles. The Hall–Kier alpha value is 0.300. The van der Waals surface area contributed by atoms with Crippen molar-refractivity contribution in [2.45, 2.75) is 11.7 Å². The summed E-state index contributed by atoms with van der Waals surface area (Å²) in [5, 5.41) is 0. The van der Waals surface area contributed by atoms with Crippen LogP contribution in [0.3, 0.4) is 0 Å². The van der Waals surface area contributed by atoms with E-state index in [2.05, 4.69) is 31.6 Å². The highest BCUT2D eigenvalue weighted by Crippen LogP contribution is 2.11. The van der Waals surface area contributed by atoms with Crippen LogP contribution in [0, 0.1) is 0 Å². The SMILES string of the molecule is C=CC(P)OC(P)C=C. The van der Waals surface area contributed by atoms with Gasteiger partial charge in [-0.3, -0.25) is 0 Å². The molecule has 4 unspecified atom stereocenters. The molecule has 0 aromatic rings. The summed E-state index contributed by atoms with van der Waals surface area (Å²) in [6, 6.07) is 0. The lowest BCUT2D eigenvalue weighted by Gasteiger charge is -2.11. The summed E-state index contributed by atoms with van der Waals surface area (Å²) in [4.78, 5) is 0. The van der Waals surface area contributed by atoms with Gasteiger partial charge >= 0.3 is 0 Å². The molecule has 0 amide bonds. The van der Waals surface area contributed by atoms with E-state index in [1.165, 1.54) is 0 Å². The standard InChI is InChI=1S/C6H12OP2/c1-3-5(8)7-6(9)4-2/h3-6H,1-2,8-9H2. The molecule has 0 rings (SSSR count). The third kappa shape index (κ3) is 4.78. The molecule has 0 aromatic heterocycles. The second-order valence-corrected chi connectivity index (χ2v) is 2.85. The summed E-state index contributed by atoms with van der Waals surface area (Å²) < 4.78 is 5.24. The van der Waals surface area contributed by atoms with Gasteiger partial charge < -0.3 is 4.74 Å². The zero-order valence-electron chi connectivity index (χ0n) is 5.29. The molecule has 9 heavy (non-hydrogen) atoms. The summed E-state index contributed by atoms with van der Waals surface area (Å²) in [7, 11) is 5.01. The Morgan fingerprint density at radius 1 is 1.11 bits per heavy atom. The van der Waals surface area contributed by atoms with Crippen LogP contribution in [0.1, 0.15) is 0 Å². The van der Waals surface area contributed by atoms with E-state index in [1.807, 2.05) is 0 Å². The molecule has 0 aliphatic carbocycles. The van der Waals surface area contributed by atoms with E-state index in [4.69, 9.17) is 4.74 Å². The first-order valence-electron chi connectivity index (χ1n) is 2.62. The minimum atomic E-state index is 0.0190. The van der Waals surface area contributed by atoms with Crippen LogP contribution in [0.4, 0.5) is 0 Å². The van der Waals surface area contributed by atoms with Gasteiger partial charge in [-0.05, 0) is 0 Å². The molecule has 1 nitrogen and oxygen atoms in total. The zero-order chi connectivity index (χ0) is 7.28. The monoisotopic (exact) mass is 162 g/mol. The van der Waals surface area contributed by atoms with E-state index < -0.39 is 0 Å². The second kappa shape index (κ2) is 5.11. The maximum absolute atomic E-state index is 5.24. The molecule has 0 saturated heterocycles. The first-order valence-corrected chi connectivity index (χ1v) is 3.95. The van der Waals surface area contributed by atoms with E-state index in [0.717, 1.165) is 0 Å². The summed E-state index contributed by atoms with van der Waals surface area (Å²) >= 11 is 0. The minimum absolute atomic E-state index is 0.0190. The van der Waals surface area contributed by atoms with Crippen molar-refractivity contribution in [3.63, 3.8) is 0 Å². The van der Waals surface area contributed by atoms with Crippen LogP contribution in [0.25, 0.3) is 0 Å². The number of hydrogen-bond acceptors (Lipinski definition) is 1. The Kier molecular flexibility index (Phi) is 5.28. The Labute approximate surface area is 61.0 Å². The summed E-state index contributed by atoms with van der Waals surface area (Å²) in [6.07, 6.45) is 3.43. The predicted octanol–water partition coefficient (Wildman–Crippen LogP) is 1.78. The second-order valence-electron chi connectivity index (χ2n) is 1.54. The van der Waals surface area contributed by atoms with Crippen LogP contribution in [0.5, 0.6) is 0 Å². The van der Waals surface area contributed by atoms with E-state index in [9.17, 15) is 0 Å². The Balaban J connectivity index is 3.45. The van der Waals surface area contributed by atoms with Gasteiger partial charge in [-0.2, -0.15) is 0 Å². The molecule has 4 atom stereocenters. The van der Waals surface area contributed by atoms with Crippen LogP contribution in [-0.2, 0) is 4.74 Å². The minimum Gasteiger partial charge on any atom is -0.359 e. The predicted molar refractivity (Wildman–Crippen MR) is 48.5 cm³/mol. The smallest absolute Gasteiger partial charge is 0.0897 e. The summed E-state index contributed by atoms with van der Waals surface area (Å²) in [5.41, 5.74) is 0. The molecule has 0 fully saturated rings. The van der Waals surface area contributed by atoms with E-state index in [1.54, 1.807) is 12.2 Å². The average molecular weight is 162 g/mol. The van der Waals surface area contributed by atoms with E-state index >= 15 is 0 Å². The van der Waals surface area contributed by atoms with Crippen molar-refractivity contribution in [3.05, 3.63) is 25.3 Å². The van der Waals surface area contributed by atoms with Gasteiger partial charge in [-0.1, -0.05) is 12.2 Å². The molecular weight excluding hydrogens is 150 g/mol.